The summed E-state index contributed by atoms with van der Waals surface area (Å²) < 4.78 is 44.8. The third-order valence-corrected chi connectivity index (χ3v) is 3.24. The van der Waals surface area contributed by atoms with Crippen molar-refractivity contribution < 1.29 is 22.7 Å². The van der Waals surface area contributed by atoms with E-state index in [1.807, 2.05) is 0 Å². The lowest BCUT2D eigenvalue weighted by atomic mass is 10.0. The first kappa shape index (κ1) is 14.1. The van der Waals surface area contributed by atoms with Crippen LogP contribution in [0.4, 0.5) is 13.2 Å². The van der Waals surface area contributed by atoms with E-state index in [2.05, 4.69) is 0 Å². The smallest absolute Gasteiger partial charge is 0.168 e. The van der Waals surface area contributed by atoms with Crippen LogP contribution in [0.1, 0.15) is 42.5 Å². The number of carbonyl (C=O) groups is 1. The van der Waals surface area contributed by atoms with Crippen molar-refractivity contribution in [3.63, 3.8) is 0 Å². The van der Waals surface area contributed by atoms with E-state index in [1.165, 1.54) is 0 Å². The monoisotopic (exact) mass is 272 g/mol. The molecule has 5 heteroatoms. The lowest BCUT2D eigenvalue weighted by Gasteiger charge is -2.09. The lowest BCUT2D eigenvalue weighted by molar-refractivity contribution is 0.0917. The van der Waals surface area contributed by atoms with Gasteiger partial charge in [0, 0.05) is 25.2 Å². The Bertz CT molecular complexity index is 445. The number of ether oxygens (including phenoxy) is 1. The average Bonchev–Trinajstić information content (AvgIpc) is 2.80. The van der Waals surface area contributed by atoms with Gasteiger partial charge in [0.15, 0.2) is 5.78 Å². The highest BCUT2D eigenvalue weighted by Crippen LogP contribution is 2.21. The van der Waals surface area contributed by atoms with E-state index < -0.39 is 28.8 Å². The van der Waals surface area contributed by atoms with Gasteiger partial charge in [-0.05, 0) is 25.7 Å². The Morgan fingerprint density at radius 3 is 2.53 bits per heavy atom. The molecule has 1 atom stereocenters. The Labute approximate surface area is 109 Å². The second kappa shape index (κ2) is 6.19. The van der Waals surface area contributed by atoms with Gasteiger partial charge >= 0.3 is 0 Å². The van der Waals surface area contributed by atoms with E-state index in [1.54, 1.807) is 0 Å². The van der Waals surface area contributed by atoms with E-state index in [0.717, 1.165) is 19.4 Å². The SMILES string of the molecule is O=C(CCCC1CCCO1)c1c(F)cc(F)cc1F. The number of Topliss-reactive ketones (excluding diaryl/α,β-unsaturated/α-hetero) is 1. The number of benzene rings is 1. The molecule has 2 nitrogen and oxygen atoms in total. The third-order valence-electron chi connectivity index (χ3n) is 3.24. The van der Waals surface area contributed by atoms with Crippen molar-refractivity contribution in [3.05, 3.63) is 35.1 Å². The van der Waals surface area contributed by atoms with Crippen molar-refractivity contribution in [3.8, 4) is 0 Å². The summed E-state index contributed by atoms with van der Waals surface area (Å²) in [7, 11) is 0. The van der Waals surface area contributed by atoms with Crippen molar-refractivity contribution in [1.29, 1.82) is 0 Å². The van der Waals surface area contributed by atoms with Crippen LogP contribution in [0.15, 0.2) is 12.1 Å². The van der Waals surface area contributed by atoms with Gasteiger partial charge in [0.25, 0.3) is 0 Å². The van der Waals surface area contributed by atoms with Crippen LogP contribution in [-0.4, -0.2) is 18.5 Å². The molecule has 0 aliphatic carbocycles. The lowest BCUT2D eigenvalue weighted by Crippen LogP contribution is -2.09. The molecule has 0 N–H and O–H groups in total. The molecular weight excluding hydrogens is 257 g/mol. The second-order valence-electron chi connectivity index (χ2n) is 4.69. The number of ketones is 1. The van der Waals surface area contributed by atoms with Crippen LogP contribution in [0.3, 0.4) is 0 Å². The highest BCUT2D eigenvalue weighted by Gasteiger charge is 2.20. The summed E-state index contributed by atoms with van der Waals surface area (Å²) in [5, 5.41) is 0. The van der Waals surface area contributed by atoms with Gasteiger partial charge in [-0.3, -0.25) is 4.79 Å². The summed E-state index contributed by atoms with van der Waals surface area (Å²) in [4.78, 5) is 11.7. The number of halogens is 3. The zero-order valence-electron chi connectivity index (χ0n) is 10.4. The van der Waals surface area contributed by atoms with E-state index in [9.17, 15) is 18.0 Å². The standard InChI is InChI=1S/C14H15F3O2/c15-9-7-11(16)14(12(17)8-9)13(18)5-1-3-10-4-2-6-19-10/h7-8,10H,1-6H2. The zero-order valence-corrected chi connectivity index (χ0v) is 10.4. The predicted octanol–water partition coefficient (Wildman–Crippen LogP) is 3.64. The van der Waals surface area contributed by atoms with Crippen molar-refractivity contribution >= 4 is 5.78 Å². The van der Waals surface area contributed by atoms with E-state index >= 15 is 0 Å². The summed E-state index contributed by atoms with van der Waals surface area (Å²) in [5.74, 6) is -3.93. The molecule has 1 aliphatic heterocycles. The molecule has 19 heavy (non-hydrogen) atoms. The molecule has 1 fully saturated rings. The van der Waals surface area contributed by atoms with Gasteiger partial charge in [-0.1, -0.05) is 0 Å². The fourth-order valence-corrected chi connectivity index (χ4v) is 2.30. The van der Waals surface area contributed by atoms with Crippen LogP contribution in [0.2, 0.25) is 0 Å². The molecule has 0 amide bonds. The largest absolute Gasteiger partial charge is 0.378 e. The Kier molecular flexibility index (Phi) is 4.58. The Morgan fingerprint density at radius 1 is 1.26 bits per heavy atom. The Hall–Kier alpha value is -1.36. The van der Waals surface area contributed by atoms with Gasteiger partial charge in [-0.15, -0.1) is 0 Å². The molecule has 0 aromatic heterocycles. The van der Waals surface area contributed by atoms with Crippen molar-refractivity contribution in [1.82, 2.24) is 0 Å². The van der Waals surface area contributed by atoms with Crippen LogP contribution in [0.5, 0.6) is 0 Å². The molecular formula is C14H15F3O2. The van der Waals surface area contributed by atoms with Crippen LogP contribution in [0, 0.1) is 17.5 Å². The van der Waals surface area contributed by atoms with E-state index in [0.29, 0.717) is 25.0 Å². The highest BCUT2D eigenvalue weighted by atomic mass is 19.1. The topological polar surface area (TPSA) is 26.3 Å². The minimum absolute atomic E-state index is 0.0410. The van der Waals surface area contributed by atoms with Gasteiger partial charge in [0.05, 0.1) is 11.7 Å². The predicted molar refractivity (Wildman–Crippen MR) is 63.5 cm³/mol. The molecule has 1 aromatic rings. The molecule has 0 radical (unpaired) electrons. The maximum Gasteiger partial charge on any atom is 0.168 e. The molecule has 104 valence electrons. The minimum Gasteiger partial charge on any atom is -0.378 e. The minimum atomic E-state index is -1.14. The maximum atomic E-state index is 13.4. The third kappa shape index (κ3) is 3.56. The Balaban J connectivity index is 1.92. The first-order valence-electron chi connectivity index (χ1n) is 6.37. The molecule has 0 bridgehead atoms. The van der Waals surface area contributed by atoms with Gasteiger partial charge in [0.1, 0.15) is 17.5 Å². The molecule has 1 saturated heterocycles. The van der Waals surface area contributed by atoms with Crippen LogP contribution >= 0.6 is 0 Å². The van der Waals surface area contributed by atoms with Crippen molar-refractivity contribution in [2.75, 3.05) is 6.61 Å². The van der Waals surface area contributed by atoms with Gasteiger partial charge in [0.2, 0.25) is 0 Å². The number of hydrogen-bond acceptors (Lipinski definition) is 2. The van der Waals surface area contributed by atoms with Gasteiger partial charge in [-0.2, -0.15) is 0 Å². The van der Waals surface area contributed by atoms with E-state index in [-0.39, 0.29) is 12.5 Å². The summed E-state index contributed by atoms with van der Waals surface area (Å²) in [6.45, 7) is 0.736. The number of hydrogen-bond donors (Lipinski definition) is 0. The molecule has 0 saturated carbocycles. The van der Waals surface area contributed by atoms with Crippen molar-refractivity contribution in [2.24, 2.45) is 0 Å². The zero-order chi connectivity index (χ0) is 13.8. The molecule has 1 unspecified atom stereocenters. The first-order valence-corrected chi connectivity index (χ1v) is 6.37. The van der Waals surface area contributed by atoms with Crippen LogP contribution in [-0.2, 0) is 4.74 Å². The van der Waals surface area contributed by atoms with Crippen molar-refractivity contribution in [2.45, 2.75) is 38.2 Å². The number of rotatable bonds is 5. The summed E-state index contributed by atoms with van der Waals surface area (Å²) in [6.07, 6.45) is 3.39. The average molecular weight is 272 g/mol. The Morgan fingerprint density at radius 2 is 1.95 bits per heavy atom. The maximum absolute atomic E-state index is 13.4. The van der Waals surface area contributed by atoms with Gasteiger partial charge < -0.3 is 4.74 Å². The quantitative estimate of drug-likeness (QED) is 0.765. The fourth-order valence-electron chi connectivity index (χ4n) is 2.30. The van der Waals surface area contributed by atoms with E-state index in [4.69, 9.17) is 4.74 Å². The first-order chi connectivity index (χ1) is 9.08. The fraction of sp³-hybridized carbons (Fsp3) is 0.500. The normalized spacial score (nSPS) is 18.8. The molecule has 1 aromatic carbocycles. The highest BCUT2D eigenvalue weighted by molar-refractivity contribution is 5.96. The van der Waals surface area contributed by atoms with Crippen LogP contribution < -0.4 is 0 Å². The molecule has 0 spiro atoms. The summed E-state index contributed by atoms with van der Waals surface area (Å²) in [6, 6.07) is 1.05. The molecule has 1 heterocycles. The van der Waals surface area contributed by atoms with Gasteiger partial charge in [-0.25, -0.2) is 13.2 Å². The molecule has 2 rings (SSSR count). The van der Waals surface area contributed by atoms with Crippen LogP contribution in [0.25, 0.3) is 0 Å². The number of carbonyl (C=O) groups excluding carboxylic acids is 1. The summed E-state index contributed by atoms with van der Waals surface area (Å²) in [5.41, 5.74) is -0.645. The molecule has 1 aliphatic rings. The second-order valence-corrected chi connectivity index (χ2v) is 4.69. The summed E-state index contributed by atoms with van der Waals surface area (Å²) >= 11 is 0.